The summed E-state index contributed by atoms with van der Waals surface area (Å²) in [6, 6.07) is 3.98. The average Bonchev–Trinajstić information content (AvgIpc) is 2.99. The molecule has 0 unspecified atom stereocenters. The third kappa shape index (κ3) is 3.54. The molecule has 1 aliphatic rings. The van der Waals surface area contributed by atoms with Gasteiger partial charge in [-0.1, -0.05) is 0 Å². The number of amides is 1. The first-order valence-electron chi connectivity index (χ1n) is 7.78. The lowest BCUT2D eigenvalue weighted by Gasteiger charge is -2.34. The van der Waals surface area contributed by atoms with Gasteiger partial charge in [0.2, 0.25) is 0 Å². The zero-order valence-electron chi connectivity index (χ0n) is 13.5. The van der Waals surface area contributed by atoms with Crippen LogP contribution in [0.15, 0.2) is 27.7 Å². The highest BCUT2D eigenvalue weighted by Crippen LogP contribution is 2.14. The molecule has 0 saturated carbocycles. The van der Waals surface area contributed by atoms with Crippen molar-refractivity contribution in [3.63, 3.8) is 0 Å². The van der Waals surface area contributed by atoms with Gasteiger partial charge in [-0.2, -0.15) is 11.3 Å². The molecule has 1 fully saturated rings. The molecule has 122 valence electrons. The number of pyridine rings is 1. The molecular formula is C17H21N3O2S. The molecule has 0 bridgehead atoms. The molecule has 3 rings (SSSR count). The number of hydrogen-bond acceptors (Lipinski definition) is 4. The molecule has 0 spiro atoms. The molecule has 6 heteroatoms. The topological polar surface area (TPSA) is 56.4 Å². The number of thiophene rings is 1. The first-order valence-corrected chi connectivity index (χ1v) is 8.72. The average molecular weight is 331 g/mol. The number of rotatable bonds is 3. The fourth-order valence-electron chi connectivity index (χ4n) is 3.03. The summed E-state index contributed by atoms with van der Waals surface area (Å²) in [5.41, 5.74) is 2.84. The van der Waals surface area contributed by atoms with E-state index in [2.05, 4.69) is 26.7 Å². The summed E-state index contributed by atoms with van der Waals surface area (Å²) < 4.78 is 0. The van der Waals surface area contributed by atoms with E-state index in [0.29, 0.717) is 13.1 Å². The number of aromatic nitrogens is 1. The molecule has 5 nitrogen and oxygen atoms in total. The minimum Gasteiger partial charge on any atom is -0.336 e. The molecule has 1 aliphatic heterocycles. The van der Waals surface area contributed by atoms with Crippen molar-refractivity contribution in [1.29, 1.82) is 0 Å². The molecule has 0 aromatic carbocycles. The van der Waals surface area contributed by atoms with E-state index in [0.717, 1.165) is 30.9 Å². The highest BCUT2D eigenvalue weighted by molar-refractivity contribution is 7.07. The van der Waals surface area contributed by atoms with Crippen LogP contribution in [0.3, 0.4) is 0 Å². The van der Waals surface area contributed by atoms with Gasteiger partial charge in [0.25, 0.3) is 11.5 Å². The lowest BCUT2D eigenvalue weighted by molar-refractivity contribution is 0.0626. The van der Waals surface area contributed by atoms with E-state index < -0.39 is 0 Å². The van der Waals surface area contributed by atoms with Crippen LogP contribution in [0, 0.1) is 13.8 Å². The normalized spacial score (nSPS) is 15.8. The van der Waals surface area contributed by atoms with Gasteiger partial charge in [0.15, 0.2) is 0 Å². The quantitative estimate of drug-likeness (QED) is 0.936. The number of aromatic amines is 1. The van der Waals surface area contributed by atoms with Gasteiger partial charge in [0, 0.05) is 38.4 Å². The summed E-state index contributed by atoms with van der Waals surface area (Å²) in [7, 11) is 0. The van der Waals surface area contributed by atoms with E-state index in [1.807, 2.05) is 19.9 Å². The summed E-state index contributed by atoms with van der Waals surface area (Å²) in [6.45, 7) is 7.57. The van der Waals surface area contributed by atoms with Crippen LogP contribution in [-0.4, -0.2) is 46.9 Å². The lowest BCUT2D eigenvalue weighted by atomic mass is 10.1. The largest absolute Gasteiger partial charge is 0.336 e. The first-order chi connectivity index (χ1) is 11.0. The Balaban J connectivity index is 1.66. The maximum absolute atomic E-state index is 12.7. The number of piperazine rings is 1. The summed E-state index contributed by atoms with van der Waals surface area (Å²) in [5, 5.41) is 4.24. The van der Waals surface area contributed by atoms with E-state index >= 15 is 0 Å². The number of nitrogens with one attached hydrogen (secondary N) is 1. The molecule has 23 heavy (non-hydrogen) atoms. The van der Waals surface area contributed by atoms with Crippen LogP contribution in [-0.2, 0) is 6.54 Å². The molecule has 0 radical (unpaired) electrons. The fourth-order valence-corrected chi connectivity index (χ4v) is 3.69. The van der Waals surface area contributed by atoms with Crippen LogP contribution in [0.25, 0.3) is 0 Å². The van der Waals surface area contributed by atoms with E-state index in [1.54, 1.807) is 16.2 Å². The maximum Gasteiger partial charge on any atom is 0.261 e. The number of aryl methyl sites for hydroxylation is 2. The number of nitrogens with zero attached hydrogens (tertiary/aromatic N) is 2. The number of carbonyl (C=O) groups is 1. The van der Waals surface area contributed by atoms with Gasteiger partial charge >= 0.3 is 0 Å². The Bertz CT molecular complexity index is 744. The van der Waals surface area contributed by atoms with E-state index in [4.69, 9.17) is 0 Å². The van der Waals surface area contributed by atoms with Gasteiger partial charge in [-0.15, -0.1) is 0 Å². The number of H-pyrrole nitrogens is 1. The van der Waals surface area contributed by atoms with Gasteiger partial charge < -0.3 is 9.88 Å². The van der Waals surface area contributed by atoms with Crippen molar-refractivity contribution in [2.24, 2.45) is 0 Å². The zero-order valence-corrected chi connectivity index (χ0v) is 14.3. The second-order valence-corrected chi connectivity index (χ2v) is 6.82. The minimum absolute atomic E-state index is 0.154. The van der Waals surface area contributed by atoms with Crippen molar-refractivity contribution in [3.05, 3.63) is 55.6 Å². The number of hydrogen-bond donors (Lipinski definition) is 1. The monoisotopic (exact) mass is 331 g/mol. The van der Waals surface area contributed by atoms with Crippen molar-refractivity contribution in [3.8, 4) is 0 Å². The molecule has 2 aromatic rings. The van der Waals surface area contributed by atoms with E-state index in [9.17, 15) is 9.59 Å². The molecule has 1 N–H and O–H groups in total. The molecule has 0 aliphatic carbocycles. The van der Waals surface area contributed by atoms with Crippen LogP contribution in [0.2, 0.25) is 0 Å². The highest BCUT2D eigenvalue weighted by Gasteiger charge is 2.25. The summed E-state index contributed by atoms with van der Waals surface area (Å²) in [4.78, 5) is 31.6. The second-order valence-electron chi connectivity index (χ2n) is 6.04. The predicted molar refractivity (Wildman–Crippen MR) is 92.0 cm³/mol. The van der Waals surface area contributed by atoms with Gasteiger partial charge in [0.05, 0.1) is 0 Å². The van der Waals surface area contributed by atoms with Crippen LogP contribution >= 0.6 is 11.3 Å². The van der Waals surface area contributed by atoms with Gasteiger partial charge in [0.1, 0.15) is 5.56 Å². The minimum atomic E-state index is -0.284. The fraction of sp³-hybridized carbons (Fsp3) is 0.412. The Morgan fingerprint density at radius 1 is 1.26 bits per heavy atom. The van der Waals surface area contributed by atoms with Crippen LogP contribution in [0.5, 0.6) is 0 Å². The Kier molecular flexibility index (Phi) is 4.63. The molecule has 2 aromatic heterocycles. The SMILES string of the molecule is Cc1cc(C)c(C(=O)N2CCN(Cc3ccsc3)CC2)c(=O)[nH]1. The zero-order chi connectivity index (χ0) is 16.4. The molecule has 3 heterocycles. The Morgan fingerprint density at radius 2 is 2.00 bits per heavy atom. The van der Waals surface area contributed by atoms with Crippen molar-refractivity contribution >= 4 is 17.2 Å². The lowest BCUT2D eigenvalue weighted by Crippen LogP contribution is -2.49. The van der Waals surface area contributed by atoms with Crippen LogP contribution in [0.4, 0.5) is 0 Å². The van der Waals surface area contributed by atoms with Crippen molar-refractivity contribution in [1.82, 2.24) is 14.8 Å². The third-order valence-electron chi connectivity index (χ3n) is 4.22. The van der Waals surface area contributed by atoms with Crippen LogP contribution < -0.4 is 5.56 Å². The van der Waals surface area contributed by atoms with Gasteiger partial charge in [-0.25, -0.2) is 0 Å². The summed E-state index contributed by atoms with van der Waals surface area (Å²) >= 11 is 1.71. The molecule has 1 amide bonds. The second kappa shape index (κ2) is 6.68. The smallest absolute Gasteiger partial charge is 0.261 e. The summed E-state index contributed by atoms with van der Waals surface area (Å²) in [5.74, 6) is -0.154. The predicted octanol–water partition coefficient (Wildman–Crippen LogP) is 2.01. The highest BCUT2D eigenvalue weighted by atomic mass is 32.1. The van der Waals surface area contributed by atoms with E-state index in [-0.39, 0.29) is 17.0 Å². The molecular weight excluding hydrogens is 310 g/mol. The van der Waals surface area contributed by atoms with Crippen LogP contribution in [0.1, 0.15) is 27.2 Å². The Morgan fingerprint density at radius 3 is 2.61 bits per heavy atom. The standard InChI is InChI=1S/C17H21N3O2S/c1-12-9-13(2)18-16(21)15(12)17(22)20-6-4-19(5-7-20)10-14-3-8-23-11-14/h3,8-9,11H,4-7,10H2,1-2H3,(H,18,21). The Hall–Kier alpha value is -1.92. The van der Waals surface area contributed by atoms with Crippen molar-refractivity contribution < 1.29 is 4.79 Å². The first kappa shape index (κ1) is 16.0. The molecule has 0 atom stereocenters. The van der Waals surface area contributed by atoms with Gasteiger partial charge in [-0.3, -0.25) is 14.5 Å². The Labute approximate surface area is 139 Å². The molecule has 1 saturated heterocycles. The van der Waals surface area contributed by atoms with E-state index in [1.165, 1.54) is 5.56 Å². The number of carbonyl (C=O) groups excluding carboxylic acids is 1. The van der Waals surface area contributed by atoms with Crippen molar-refractivity contribution in [2.45, 2.75) is 20.4 Å². The maximum atomic E-state index is 12.7. The van der Waals surface area contributed by atoms with Gasteiger partial charge in [-0.05, 0) is 47.9 Å². The third-order valence-corrected chi connectivity index (χ3v) is 4.96. The summed E-state index contributed by atoms with van der Waals surface area (Å²) in [6.07, 6.45) is 0. The van der Waals surface area contributed by atoms with Crippen molar-refractivity contribution in [2.75, 3.05) is 26.2 Å².